The molecule has 0 saturated heterocycles. The Kier molecular flexibility index (Phi) is 10.7. The van der Waals surface area contributed by atoms with Gasteiger partial charge in [0.25, 0.3) is 0 Å². The fourth-order valence-electron chi connectivity index (χ4n) is 10.0. The van der Waals surface area contributed by atoms with Gasteiger partial charge >= 0.3 is 0 Å². The van der Waals surface area contributed by atoms with Gasteiger partial charge in [-0.05, 0) is 109 Å². The number of benzene rings is 7. The zero-order chi connectivity index (χ0) is 47.7. The van der Waals surface area contributed by atoms with Gasteiger partial charge in [-0.25, -0.2) is 9.97 Å². The summed E-state index contributed by atoms with van der Waals surface area (Å²) in [5.74, 6) is 1.06. The Bertz CT molecular complexity index is 3460. The molecular formula is C60H48N6O2. The summed E-state index contributed by atoms with van der Waals surface area (Å²) in [6.07, 6.45) is 3.55. The number of hydrogen-bond acceptors (Lipinski definition) is 6. The molecule has 0 atom stereocenters. The summed E-state index contributed by atoms with van der Waals surface area (Å²) in [7, 11) is 0. The molecular weight excluding hydrogens is 837 g/mol. The van der Waals surface area contributed by atoms with Crippen molar-refractivity contribution in [2.75, 3.05) is 9.80 Å². The molecule has 0 fully saturated rings. The molecule has 8 nitrogen and oxygen atoms in total. The van der Waals surface area contributed by atoms with Crippen LogP contribution < -0.4 is 9.80 Å². The van der Waals surface area contributed by atoms with Crippen LogP contribution in [0.2, 0.25) is 0 Å². The molecule has 0 amide bonds. The van der Waals surface area contributed by atoms with Gasteiger partial charge < -0.3 is 0 Å². The van der Waals surface area contributed by atoms with E-state index < -0.39 is 0 Å². The molecule has 0 N–H and O–H groups in total. The molecule has 10 rings (SSSR count). The summed E-state index contributed by atoms with van der Waals surface area (Å²) < 4.78 is 0. The first kappa shape index (κ1) is 43.4. The highest BCUT2D eigenvalue weighted by Gasteiger charge is 2.42. The lowest BCUT2D eigenvalue weighted by atomic mass is 9.91. The summed E-state index contributed by atoms with van der Waals surface area (Å²) >= 11 is 0. The number of para-hydroxylation sites is 2. The summed E-state index contributed by atoms with van der Waals surface area (Å²) in [6.45, 7) is 33.1. The van der Waals surface area contributed by atoms with Crippen LogP contribution in [-0.4, -0.2) is 21.5 Å². The van der Waals surface area contributed by atoms with E-state index in [1.165, 1.54) is 0 Å². The number of nitrogens with zero attached hydrogens (tertiary/aromatic N) is 6. The number of Topliss-reactive ketones (excluding diaryl/α,β-unsaturated/α-hetero) is 2. The number of hydrogen-bond donors (Lipinski definition) is 0. The van der Waals surface area contributed by atoms with Crippen molar-refractivity contribution in [2.24, 2.45) is 0 Å². The lowest BCUT2D eigenvalue weighted by Crippen LogP contribution is -2.25. The third-order valence-corrected chi connectivity index (χ3v) is 13.0. The quantitative estimate of drug-likeness (QED) is 0.0902. The van der Waals surface area contributed by atoms with Crippen LogP contribution in [0.1, 0.15) is 93.6 Å². The minimum absolute atomic E-state index is 0.0616. The fourth-order valence-corrected chi connectivity index (χ4v) is 10.0. The Morgan fingerprint density at radius 2 is 0.926 bits per heavy atom. The number of aromatic nitrogens is 2. The van der Waals surface area contributed by atoms with Crippen molar-refractivity contribution in [3.8, 4) is 22.3 Å². The van der Waals surface area contributed by atoms with Crippen LogP contribution >= 0.6 is 0 Å². The van der Waals surface area contributed by atoms with Gasteiger partial charge in [0.15, 0.2) is 34.6 Å². The molecule has 0 unspecified atom stereocenters. The number of carbonyl (C=O) groups excluding carboxylic acids is 2. The van der Waals surface area contributed by atoms with E-state index in [-0.39, 0.29) is 40.4 Å². The predicted molar refractivity (Wildman–Crippen MR) is 276 cm³/mol. The number of anilines is 4. The van der Waals surface area contributed by atoms with Gasteiger partial charge in [-0.2, -0.15) is 0 Å². The van der Waals surface area contributed by atoms with Crippen LogP contribution in [-0.2, 0) is 0 Å². The fraction of sp³-hybridized carbons (Fsp3) is 0.167. The lowest BCUT2D eigenvalue weighted by Gasteiger charge is -2.32. The molecule has 2 aliphatic rings. The van der Waals surface area contributed by atoms with Crippen molar-refractivity contribution < 1.29 is 9.59 Å². The van der Waals surface area contributed by atoms with Crippen molar-refractivity contribution in [1.82, 2.24) is 9.97 Å². The third kappa shape index (κ3) is 7.23. The molecule has 0 spiro atoms. The summed E-state index contributed by atoms with van der Waals surface area (Å²) in [4.78, 5) is 51.7. The maximum Gasteiger partial charge on any atom is 0.197 e. The molecule has 0 radical (unpaired) electrons. The van der Waals surface area contributed by atoms with Crippen LogP contribution in [0.4, 0.5) is 34.4 Å². The molecule has 8 heteroatoms. The van der Waals surface area contributed by atoms with Crippen LogP contribution in [0, 0.1) is 40.8 Å². The van der Waals surface area contributed by atoms with Crippen LogP contribution in [0.5, 0.6) is 0 Å². The first-order valence-corrected chi connectivity index (χ1v) is 22.9. The SMILES string of the molecule is [C-]#[N+]c1cc2nc3c(nc2cc1[N+]#[C-])N(c1c(C(C)C)cccc1C(C)C)/C(=C\C=C1C(=O)c2cc4ccccc4cc2C1=O)N3c1c(-c2cc(C)cc(C)c2)cccc1-c1cc(C)cc(C)c1. The molecule has 1 aromatic heterocycles. The normalized spacial score (nSPS) is 13.8. The summed E-state index contributed by atoms with van der Waals surface area (Å²) in [6, 6.07) is 40.5. The maximum atomic E-state index is 14.5. The highest BCUT2D eigenvalue weighted by Crippen LogP contribution is 2.56. The minimum atomic E-state index is -0.335. The van der Waals surface area contributed by atoms with E-state index >= 15 is 0 Å². The van der Waals surface area contributed by atoms with Crippen molar-refractivity contribution >= 4 is 67.8 Å². The van der Waals surface area contributed by atoms with E-state index in [4.69, 9.17) is 23.1 Å². The first-order chi connectivity index (χ1) is 32.7. The van der Waals surface area contributed by atoms with Crippen molar-refractivity contribution in [3.05, 3.63) is 212 Å². The average molecular weight is 885 g/mol. The summed E-state index contributed by atoms with van der Waals surface area (Å²) in [5, 5.41) is 1.77. The van der Waals surface area contributed by atoms with Crippen molar-refractivity contribution in [1.29, 1.82) is 0 Å². The molecule has 0 bridgehead atoms. The second-order valence-electron chi connectivity index (χ2n) is 18.7. The monoisotopic (exact) mass is 884 g/mol. The molecule has 68 heavy (non-hydrogen) atoms. The first-order valence-electron chi connectivity index (χ1n) is 22.9. The van der Waals surface area contributed by atoms with Gasteiger partial charge in [0.2, 0.25) is 0 Å². The summed E-state index contributed by atoms with van der Waals surface area (Å²) in [5.41, 5.74) is 14.3. The van der Waals surface area contributed by atoms with E-state index in [0.29, 0.717) is 39.6 Å². The van der Waals surface area contributed by atoms with Crippen LogP contribution in [0.25, 0.3) is 53.7 Å². The number of allylic oxidation sites excluding steroid dienone is 3. The van der Waals surface area contributed by atoms with Crippen molar-refractivity contribution in [3.63, 3.8) is 0 Å². The zero-order valence-electron chi connectivity index (χ0n) is 39.4. The number of carbonyl (C=O) groups is 2. The second kappa shape index (κ2) is 16.8. The molecule has 330 valence electrons. The standard InChI is InChI=1S/C60H48N6O2/c1-33(2)43-17-13-18-44(34(3)4)55(43)65-54(22-21-47-57(67)48-29-39-15-11-12-16-40(39)30-49(48)58(47)68)66(60-59(65)63-52-31-50(61-9)51(62-10)32-53(52)64-60)56-45(41-25-35(5)23-36(6)26-41)19-14-20-46(56)42-27-37(7)24-38(8)28-42/h11-34H,1-8H3/b54-22+. The number of ketones is 2. The molecule has 1 aliphatic carbocycles. The highest BCUT2D eigenvalue weighted by atomic mass is 16.2. The predicted octanol–water partition coefficient (Wildman–Crippen LogP) is 15.8. The Morgan fingerprint density at radius 3 is 1.35 bits per heavy atom. The zero-order valence-corrected chi connectivity index (χ0v) is 39.4. The average Bonchev–Trinajstić information content (AvgIpc) is 3.74. The second-order valence-corrected chi connectivity index (χ2v) is 18.7. The molecule has 0 saturated carbocycles. The van der Waals surface area contributed by atoms with E-state index in [2.05, 4.69) is 148 Å². The van der Waals surface area contributed by atoms with Gasteiger partial charge in [0, 0.05) is 22.3 Å². The van der Waals surface area contributed by atoms with E-state index in [9.17, 15) is 9.59 Å². The van der Waals surface area contributed by atoms with E-state index in [1.807, 2.05) is 42.5 Å². The lowest BCUT2D eigenvalue weighted by molar-refractivity contribution is 0.0988. The van der Waals surface area contributed by atoms with Crippen LogP contribution in [0.15, 0.2) is 145 Å². The van der Waals surface area contributed by atoms with Crippen LogP contribution in [0.3, 0.4) is 0 Å². The molecule has 7 aromatic carbocycles. The van der Waals surface area contributed by atoms with Gasteiger partial charge in [-0.1, -0.05) is 147 Å². The van der Waals surface area contributed by atoms with E-state index in [0.717, 1.165) is 77.8 Å². The molecule has 1 aliphatic heterocycles. The Morgan fingerprint density at radius 1 is 0.500 bits per heavy atom. The van der Waals surface area contributed by atoms with E-state index in [1.54, 1.807) is 18.2 Å². The maximum absolute atomic E-state index is 14.5. The molecule has 2 heterocycles. The van der Waals surface area contributed by atoms with Gasteiger partial charge in [0.1, 0.15) is 5.82 Å². The third-order valence-electron chi connectivity index (χ3n) is 13.0. The van der Waals surface area contributed by atoms with Gasteiger partial charge in [0.05, 0.1) is 41.1 Å². The Labute approximate surface area is 397 Å². The highest BCUT2D eigenvalue weighted by molar-refractivity contribution is 6.40. The Balaban J connectivity index is 1.37. The number of rotatable bonds is 7. The minimum Gasteiger partial charge on any atom is -0.288 e. The largest absolute Gasteiger partial charge is 0.288 e. The van der Waals surface area contributed by atoms with Gasteiger partial charge in [-0.3, -0.25) is 29.1 Å². The van der Waals surface area contributed by atoms with Gasteiger partial charge in [-0.15, -0.1) is 0 Å². The van der Waals surface area contributed by atoms with Crippen molar-refractivity contribution in [2.45, 2.75) is 67.2 Å². The Hall–Kier alpha value is -8.46. The smallest absolute Gasteiger partial charge is 0.197 e. The molecule has 8 aromatic rings. The topological polar surface area (TPSA) is 75.1 Å². The number of fused-ring (bicyclic) bond motifs is 4. The number of aryl methyl sites for hydroxylation is 4.